The Bertz CT molecular complexity index is 567. The highest BCUT2D eigenvalue weighted by Crippen LogP contribution is 2.30. The summed E-state index contributed by atoms with van der Waals surface area (Å²) >= 11 is 3.29. The molecule has 1 aliphatic carbocycles. The Balaban J connectivity index is 2.12. The van der Waals surface area contributed by atoms with E-state index in [4.69, 9.17) is 0 Å². The summed E-state index contributed by atoms with van der Waals surface area (Å²) < 4.78 is 6.02. The Labute approximate surface area is 132 Å². The first kappa shape index (κ1) is 16.0. The van der Waals surface area contributed by atoms with Crippen molar-refractivity contribution in [3.63, 3.8) is 0 Å². The number of anilines is 1. The van der Waals surface area contributed by atoms with Crippen LogP contribution >= 0.6 is 15.9 Å². The first-order valence-corrected chi connectivity index (χ1v) is 7.91. The van der Waals surface area contributed by atoms with Crippen molar-refractivity contribution < 1.29 is 9.53 Å². The van der Waals surface area contributed by atoms with Gasteiger partial charge in [-0.05, 0) is 41.6 Å². The number of hydrogen-bond donors (Lipinski definition) is 1. The molecule has 2 rings (SSSR count). The predicted molar refractivity (Wildman–Crippen MR) is 83.3 cm³/mol. The molecule has 1 fully saturated rings. The van der Waals surface area contributed by atoms with Gasteiger partial charge >= 0.3 is 5.97 Å². The van der Waals surface area contributed by atoms with Crippen LogP contribution in [0.5, 0.6) is 0 Å². The van der Waals surface area contributed by atoms with Crippen molar-refractivity contribution in [1.82, 2.24) is 9.78 Å². The molecule has 1 aliphatic rings. The van der Waals surface area contributed by atoms with Gasteiger partial charge < -0.3 is 10.1 Å². The Morgan fingerprint density at radius 1 is 1.57 bits per heavy atom. The molecule has 116 valence electrons. The van der Waals surface area contributed by atoms with Gasteiger partial charge in [0, 0.05) is 6.04 Å². The summed E-state index contributed by atoms with van der Waals surface area (Å²) in [4.78, 5) is 23.4. The van der Waals surface area contributed by atoms with Gasteiger partial charge in [0.15, 0.2) is 0 Å². The number of nitrogens with one attached hydrogen (secondary N) is 1. The van der Waals surface area contributed by atoms with E-state index >= 15 is 0 Å². The Morgan fingerprint density at radius 2 is 2.24 bits per heavy atom. The minimum Gasteiger partial charge on any atom is -0.468 e. The second-order valence-electron chi connectivity index (χ2n) is 5.39. The molecule has 0 aliphatic heterocycles. The van der Waals surface area contributed by atoms with Gasteiger partial charge in [0.2, 0.25) is 0 Å². The van der Waals surface area contributed by atoms with E-state index in [-0.39, 0.29) is 12.1 Å². The van der Waals surface area contributed by atoms with Crippen LogP contribution in [-0.2, 0) is 16.1 Å². The van der Waals surface area contributed by atoms with Gasteiger partial charge in [-0.2, -0.15) is 5.10 Å². The number of methoxy groups -OCH3 is 1. The van der Waals surface area contributed by atoms with Crippen LogP contribution in [0.15, 0.2) is 15.5 Å². The van der Waals surface area contributed by atoms with Crippen molar-refractivity contribution >= 4 is 27.6 Å². The number of aromatic nitrogens is 2. The number of hydrogen-bond acceptors (Lipinski definition) is 5. The van der Waals surface area contributed by atoms with Crippen molar-refractivity contribution in [3.8, 4) is 0 Å². The second-order valence-corrected chi connectivity index (χ2v) is 6.18. The molecule has 0 spiro atoms. The fourth-order valence-electron chi connectivity index (χ4n) is 2.69. The zero-order chi connectivity index (χ0) is 15.4. The van der Waals surface area contributed by atoms with Crippen molar-refractivity contribution in [2.24, 2.45) is 5.92 Å². The van der Waals surface area contributed by atoms with Gasteiger partial charge in [0.1, 0.15) is 11.0 Å². The lowest BCUT2D eigenvalue weighted by atomic mass is 10.00. The van der Waals surface area contributed by atoms with Gasteiger partial charge in [-0.15, -0.1) is 0 Å². The smallest absolute Gasteiger partial charge is 0.327 e. The molecule has 1 heterocycles. The molecule has 0 bridgehead atoms. The number of rotatable bonds is 5. The molecule has 0 aromatic carbocycles. The lowest BCUT2D eigenvalue weighted by Crippen LogP contribution is -2.30. The van der Waals surface area contributed by atoms with Crippen molar-refractivity contribution in [1.29, 1.82) is 0 Å². The van der Waals surface area contributed by atoms with E-state index in [1.54, 1.807) is 6.20 Å². The highest BCUT2D eigenvalue weighted by Gasteiger charge is 2.22. The number of carbonyl (C=O) groups is 1. The maximum atomic E-state index is 12.1. The molecule has 6 nitrogen and oxygen atoms in total. The van der Waals surface area contributed by atoms with Crippen molar-refractivity contribution in [3.05, 3.63) is 21.0 Å². The van der Waals surface area contributed by atoms with Crippen LogP contribution in [0.2, 0.25) is 0 Å². The summed E-state index contributed by atoms with van der Waals surface area (Å²) in [7, 11) is 1.28. The number of esters is 1. The topological polar surface area (TPSA) is 73.2 Å². The maximum absolute atomic E-state index is 12.1. The summed E-state index contributed by atoms with van der Waals surface area (Å²) in [6, 6.07) is 0.293. The normalized spacial score (nSPS) is 16.7. The fraction of sp³-hybridized carbons (Fsp3) is 0.643. The van der Waals surface area contributed by atoms with Gasteiger partial charge in [-0.3, -0.25) is 9.59 Å². The first-order chi connectivity index (χ1) is 10.0. The van der Waals surface area contributed by atoms with Gasteiger partial charge in [-0.1, -0.05) is 12.8 Å². The molecule has 0 saturated heterocycles. The third kappa shape index (κ3) is 3.84. The molecule has 0 amide bonds. The largest absolute Gasteiger partial charge is 0.468 e. The first-order valence-electron chi connectivity index (χ1n) is 7.12. The molecule has 1 unspecified atom stereocenters. The summed E-state index contributed by atoms with van der Waals surface area (Å²) in [5, 5.41) is 7.37. The molecule has 1 atom stereocenters. The lowest BCUT2D eigenvalue weighted by molar-refractivity contribution is -0.141. The maximum Gasteiger partial charge on any atom is 0.327 e. The lowest BCUT2D eigenvalue weighted by Gasteiger charge is -2.22. The molecule has 1 aromatic rings. The molecular weight excluding hydrogens is 338 g/mol. The molecule has 0 radical (unpaired) electrons. The Morgan fingerprint density at radius 3 is 2.86 bits per heavy atom. The van der Waals surface area contributed by atoms with E-state index in [0.717, 1.165) is 4.68 Å². The van der Waals surface area contributed by atoms with Crippen LogP contribution in [-0.4, -0.2) is 28.9 Å². The van der Waals surface area contributed by atoms with Crippen LogP contribution in [0.4, 0.5) is 5.69 Å². The molecule has 7 heteroatoms. The molecule has 1 aromatic heterocycles. The fourth-order valence-corrected chi connectivity index (χ4v) is 3.11. The molecule has 21 heavy (non-hydrogen) atoms. The van der Waals surface area contributed by atoms with E-state index < -0.39 is 5.97 Å². The van der Waals surface area contributed by atoms with Gasteiger partial charge in [0.25, 0.3) is 5.56 Å². The Hall–Kier alpha value is -1.37. The molecule has 1 saturated carbocycles. The minimum absolute atomic E-state index is 0.188. The standard InChI is InChI=1S/C14H20BrN3O3/c1-9(10-5-3-4-6-10)17-11-7-16-18(8-12(19)21-2)14(20)13(11)15/h7,9-10,17H,3-6,8H2,1-2H3. The zero-order valence-electron chi connectivity index (χ0n) is 12.3. The quantitative estimate of drug-likeness (QED) is 0.817. The van der Waals surface area contributed by atoms with Crippen LogP contribution < -0.4 is 10.9 Å². The van der Waals surface area contributed by atoms with E-state index in [1.807, 2.05) is 0 Å². The van der Waals surface area contributed by atoms with E-state index in [0.29, 0.717) is 22.1 Å². The average Bonchev–Trinajstić information content (AvgIpc) is 3.01. The number of halogens is 1. The summed E-state index contributed by atoms with van der Waals surface area (Å²) in [6.45, 7) is 1.94. The Kier molecular flexibility index (Phi) is 5.39. The summed E-state index contributed by atoms with van der Waals surface area (Å²) in [5.74, 6) is 0.130. The average molecular weight is 358 g/mol. The van der Waals surface area contributed by atoms with Crippen LogP contribution in [0.1, 0.15) is 32.6 Å². The number of ether oxygens (including phenoxy) is 1. The number of carbonyl (C=O) groups excluding carboxylic acids is 1. The highest BCUT2D eigenvalue weighted by molar-refractivity contribution is 9.10. The monoisotopic (exact) mass is 357 g/mol. The van der Waals surface area contributed by atoms with Crippen molar-refractivity contribution in [2.45, 2.75) is 45.2 Å². The molecule has 1 N–H and O–H groups in total. The molecular formula is C14H20BrN3O3. The number of nitrogens with zero attached hydrogens (tertiary/aromatic N) is 2. The highest BCUT2D eigenvalue weighted by atomic mass is 79.9. The van der Waals surface area contributed by atoms with Crippen LogP contribution in [0, 0.1) is 5.92 Å². The SMILES string of the molecule is COC(=O)Cn1ncc(NC(C)C2CCCC2)c(Br)c1=O. The third-order valence-electron chi connectivity index (χ3n) is 3.98. The minimum atomic E-state index is -0.503. The third-order valence-corrected chi connectivity index (χ3v) is 4.75. The summed E-state index contributed by atoms with van der Waals surface area (Å²) in [6.07, 6.45) is 6.56. The van der Waals surface area contributed by atoms with Crippen LogP contribution in [0.3, 0.4) is 0 Å². The van der Waals surface area contributed by atoms with Crippen molar-refractivity contribution in [2.75, 3.05) is 12.4 Å². The van der Waals surface area contributed by atoms with Gasteiger partial charge in [-0.25, -0.2) is 4.68 Å². The van der Waals surface area contributed by atoms with Crippen LogP contribution in [0.25, 0.3) is 0 Å². The zero-order valence-corrected chi connectivity index (χ0v) is 13.9. The second kappa shape index (κ2) is 7.06. The van der Waals surface area contributed by atoms with E-state index in [2.05, 4.69) is 38.0 Å². The van der Waals surface area contributed by atoms with Gasteiger partial charge in [0.05, 0.1) is 19.0 Å². The van der Waals surface area contributed by atoms with E-state index in [9.17, 15) is 9.59 Å². The summed E-state index contributed by atoms with van der Waals surface area (Å²) in [5.41, 5.74) is 0.324. The van der Waals surface area contributed by atoms with E-state index in [1.165, 1.54) is 32.8 Å². The predicted octanol–water partition coefficient (Wildman–Crippen LogP) is 2.17.